The monoisotopic (exact) mass is 335 g/mol. The van der Waals surface area contributed by atoms with Gasteiger partial charge in [-0.25, -0.2) is 0 Å². The van der Waals surface area contributed by atoms with Gasteiger partial charge in [0.1, 0.15) is 0 Å². The molecule has 0 saturated carbocycles. The minimum Gasteiger partial charge on any atom is -0.261 e. The van der Waals surface area contributed by atoms with Gasteiger partial charge in [-0.2, -0.15) is 5.26 Å². The van der Waals surface area contributed by atoms with Crippen LogP contribution in [0.3, 0.4) is 0 Å². The normalized spacial score (nSPS) is 17.3. The quantitative estimate of drug-likeness (QED) is 0.582. The lowest BCUT2D eigenvalue weighted by molar-refractivity contribution is 0.792. The molecule has 0 N–H and O–H groups in total. The van der Waals surface area contributed by atoms with E-state index < -0.39 is 0 Å². The van der Waals surface area contributed by atoms with Crippen molar-refractivity contribution in [3.63, 3.8) is 0 Å². The molecule has 1 atom stereocenters. The molecule has 0 radical (unpaired) electrons. The van der Waals surface area contributed by atoms with Crippen molar-refractivity contribution in [1.82, 2.24) is 0 Å². The Morgan fingerprint density at radius 1 is 1.36 bits per heavy atom. The van der Waals surface area contributed by atoms with E-state index >= 15 is 0 Å². The van der Waals surface area contributed by atoms with Crippen LogP contribution in [0.15, 0.2) is 52.1 Å². The predicted molar refractivity (Wildman–Crippen MR) is 109 cm³/mol. The summed E-state index contributed by atoms with van der Waals surface area (Å²) in [5.41, 5.74) is 5.95. The molecule has 2 rings (SSSR count). The van der Waals surface area contributed by atoms with E-state index in [0.717, 1.165) is 34.7 Å². The topological polar surface area (TPSA) is 48.5 Å². The van der Waals surface area contributed by atoms with Gasteiger partial charge in [0, 0.05) is 17.5 Å². The lowest BCUT2D eigenvalue weighted by Crippen LogP contribution is -2.16. The highest BCUT2D eigenvalue weighted by molar-refractivity contribution is 6.24. The van der Waals surface area contributed by atoms with Gasteiger partial charge in [-0.1, -0.05) is 39.3 Å². The van der Waals surface area contributed by atoms with Gasteiger partial charge < -0.3 is 0 Å². The number of fused-ring (bicyclic) bond motifs is 1. The Balaban J connectivity index is 0.000000970. The largest absolute Gasteiger partial charge is 0.261 e. The number of nitrogens with zero attached hydrogens (tertiary/aromatic N) is 3. The van der Waals surface area contributed by atoms with Crippen LogP contribution in [-0.2, 0) is 0 Å². The van der Waals surface area contributed by atoms with Crippen LogP contribution in [-0.4, -0.2) is 11.4 Å². The molecule has 3 nitrogen and oxygen atoms in total. The third kappa shape index (κ3) is 5.53. The summed E-state index contributed by atoms with van der Waals surface area (Å²) in [7, 11) is 0. The van der Waals surface area contributed by atoms with Gasteiger partial charge in [0.05, 0.1) is 23.0 Å². The summed E-state index contributed by atoms with van der Waals surface area (Å²) < 4.78 is 0. The molecule has 25 heavy (non-hydrogen) atoms. The molecule has 0 saturated heterocycles. The number of aliphatic imine (C=N–C) groups is 2. The van der Waals surface area contributed by atoms with Gasteiger partial charge in [0.15, 0.2) is 0 Å². The number of benzene rings is 1. The minimum absolute atomic E-state index is 0.347. The second kappa shape index (κ2) is 10.4. The van der Waals surface area contributed by atoms with Gasteiger partial charge in [0.25, 0.3) is 0 Å². The molecular formula is C22H29N3. The number of nitriles is 1. The molecular weight excluding hydrogens is 306 g/mol. The standard InChI is InChI=1S/C19H21N3.C3H8/c1-5-9-21-14(4)16(6-2)19-10-13(3)17-11-15(12-20)7-8-18(17)22-19;1-3-2/h5-9,11,13H,10H2,1-4H3;3H2,1-2H3/b9-5-,16-6+,21-14-;. The molecule has 132 valence electrons. The van der Waals surface area contributed by atoms with E-state index in [-0.39, 0.29) is 0 Å². The molecule has 0 fully saturated rings. The van der Waals surface area contributed by atoms with E-state index in [0.29, 0.717) is 11.5 Å². The molecule has 1 heterocycles. The van der Waals surface area contributed by atoms with Gasteiger partial charge in [-0.3, -0.25) is 9.98 Å². The Bertz CT molecular complexity index is 743. The van der Waals surface area contributed by atoms with E-state index in [2.05, 4.69) is 37.9 Å². The van der Waals surface area contributed by atoms with E-state index in [4.69, 9.17) is 10.3 Å². The van der Waals surface area contributed by atoms with Gasteiger partial charge in [0.2, 0.25) is 0 Å². The van der Waals surface area contributed by atoms with Crippen molar-refractivity contribution in [2.45, 2.75) is 60.3 Å². The van der Waals surface area contributed by atoms with Crippen LogP contribution in [0.5, 0.6) is 0 Å². The van der Waals surface area contributed by atoms with Crippen LogP contribution in [0, 0.1) is 11.3 Å². The zero-order valence-corrected chi connectivity index (χ0v) is 16.3. The van der Waals surface area contributed by atoms with Crippen LogP contribution in [0.4, 0.5) is 5.69 Å². The maximum absolute atomic E-state index is 9.04. The van der Waals surface area contributed by atoms with Crippen LogP contribution in [0.25, 0.3) is 0 Å². The van der Waals surface area contributed by atoms with Crippen LogP contribution in [0.2, 0.25) is 0 Å². The highest BCUT2D eigenvalue weighted by Gasteiger charge is 2.22. The average molecular weight is 335 g/mol. The van der Waals surface area contributed by atoms with Gasteiger partial charge in [-0.15, -0.1) is 0 Å². The second-order valence-corrected chi connectivity index (χ2v) is 6.16. The summed E-state index contributed by atoms with van der Waals surface area (Å²) in [6.07, 6.45) is 7.91. The maximum Gasteiger partial charge on any atom is 0.0991 e. The Morgan fingerprint density at radius 2 is 2.04 bits per heavy atom. The summed E-state index contributed by atoms with van der Waals surface area (Å²) in [4.78, 5) is 9.25. The first kappa shape index (κ1) is 20.6. The van der Waals surface area contributed by atoms with E-state index in [1.807, 2.05) is 45.0 Å². The first-order chi connectivity index (χ1) is 12.0. The summed E-state index contributed by atoms with van der Waals surface area (Å²) in [6.45, 7) is 12.4. The van der Waals surface area contributed by atoms with Crippen molar-refractivity contribution in [2.75, 3.05) is 0 Å². The van der Waals surface area contributed by atoms with E-state index in [1.165, 1.54) is 6.42 Å². The fraction of sp³-hybridized carbons (Fsp3) is 0.409. The van der Waals surface area contributed by atoms with Gasteiger partial charge >= 0.3 is 0 Å². The molecule has 0 aliphatic carbocycles. The molecule has 1 aromatic carbocycles. The van der Waals surface area contributed by atoms with E-state index in [9.17, 15) is 0 Å². The van der Waals surface area contributed by atoms with Crippen LogP contribution >= 0.6 is 0 Å². The molecule has 1 aromatic rings. The molecule has 0 bridgehead atoms. The zero-order valence-electron chi connectivity index (χ0n) is 16.3. The Labute approximate surface area is 152 Å². The summed E-state index contributed by atoms with van der Waals surface area (Å²) in [5, 5.41) is 9.04. The molecule has 1 unspecified atom stereocenters. The average Bonchev–Trinajstić information content (AvgIpc) is 2.61. The van der Waals surface area contributed by atoms with E-state index in [1.54, 1.807) is 6.20 Å². The Kier molecular flexibility index (Phi) is 8.56. The first-order valence-corrected chi connectivity index (χ1v) is 8.96. The highest BCUT2D eigenvalue weighted by Crippen LogP contribution is 2.36. The third-order valence-corrected chi connectivity index (χ3v) is 3.85. The minimum atomic E-state index is 0.347. The van der Waals surface area contributed by atoms with Crippen LogP contribution in [0.1, 0.15) is 71.4 Å². The first-order valence-electron chi connectivity index (χ1n) is 8.96. The number of hydrogen-bond donors (Lipinski definition) is 0. The van der Waals surface area contributed by atoms with Crippen LogP contribution < -0.4 is 0 Å². The molecule has 1 aliphatic rings. The number of rotatable bonds is 3. The molecule has 1 aliphatic heterocycles. The highest BCUT2D eigenvalue weighted by atomic mass is 14.8. The number of allylic oxidation sites excluding steroid dienone is 3. The Hall–Kier alpha value is -2.47. The SMILES string of the molecule is CCC.C\C=C/N=C(C)\C(=C/C)C1=Nc2ccc(C#N)cc2C(C)C1. The third-order valence-electron chi connectivity index (χ3n) is 3.85. The molecule has 0 aromatic heterocycles. The fourth-order valence-corrected chi connectivity index (χ4v) is 2.72. The van der Waals surface area contributed by atoms with Crippen molar-refractivity contribution < 1.29 is 0 Å². The van der Waals surface area contributed by atoms with Crippen molar-refractivity contribution >= 4 is 17.1 Å². The summed E-state index contributed by atoms with van der Waals surface area (Å²) >= 11 is 0. The lowest BCUT2D eigenvalue weighted by atomic mass is 9.86. The molecule has 3 heteroatoms. The fourth-order valence-electron chi connectivity index (χ4n) is 2.72. The van der Waals surface area contributed by atoms with Gasteiger partial charge in [-0.05, 0) is 56.9 Å². The maximum atomic E-state index is 9.04. The second-order valence-electron chi connectivity index (χ2n) is 6.16. The zero-order chi connectivity index (χ0) is 18.8. The molecule has 0 amide bonds. The lowest BCUT2D eigenvalue weighted by Gasteiger charge is -2.23. The molecule has 0 spiro atoms. The smallest absolute Gasteiger partial charge is 0.0991 e. The summed E-state index contributed by atoms with van der Waals surface area (Å²) in [6, 6.07) is 7.92. The predicted octanol–water partition coefficient (Wildman–Crippen LogP) is 6.50. The van der Waals surface area contributed by atoms with Crippen molar-refractivity contribution in [3.05, 3.63) is 53.3 Å². The van der Waals surface area contributed by atoms with Crippen molar-refractivity contribution in [2.24, 2.45) is 9.98 Å². The van der Waals surface area contributed by atoms with Crippen molar-refractivity contribution in [3.8, 4) is 6.07 Å². The Morgan fingerprint density at radius 3 is 2.60 bits per heavy atom. The summed E-state index contributed by atoms with van der Waals surface area (Å²) in [5.74, 6) is 0.347. The number of hydrogen-bond acceptors (Lipinski definition) is 3. The van der Waals surface area contributed by atoms with Crippen molar-refractivity contribution in [1.29, 1.82) is 5.26 Å².